The number of aromatic amines is 1. The Hall–Kier alpha value is -1.76. The minimum atomic E-state index is -3.91. The fourth-order valence-electron chi connectivity index (χ4n) is 2.23. The van der Waals surface area contributed by atoms with Crippen LogP contribution in [0.5, 0.6) is 0 Å². The van der Waals surface area contributed by atoms with Gasteiger partial charge in [0, 0.05) is 10.0 Å². The van der Waals surface area contributed by atoms with Gasteiger partial charge < -0.3 is 4.98 Å². The van der Waals surface area contributed by atoms with E-state index < -0.39 is 15.7 Å². The maximum atomic E-state index is 12.6. The summed E-state index contributed by atoms with van der Waals surface area (Å²) >= 11 is 11.7. The lowest BCUT2D eigenvalue weighted by atomic mass is 10.2. The smallest absolute Gasteiger partial charge is 0.305 e. The quantitative estimate of drug-likeness (QED) is 0.783. The first-order valence-electron chi connectivity index (χ1n) is 6.25. The molecule has 0 fully saturated rings. The number of hydrogen-bond acceptors (Lipinski definition) is 3. The molecule has 0 unspecified atom stereocenters. The molecule has 0 aliphatic heterocycles. The number of benzene rings is 2. The van der Waals surface area contributed by atoms with Gasteiger partial charge in [0.05, 0.1) is 16.8 Å². The fraction of sp³-hybridized carbons (Fsp3) is 0.0714. The summed E-state index contributed by atoms with van der Waals surface area (Å²) < 4.78 is 25.9. The molecule has 0 aliphatic rings. The standard InChI is InChI=1S/C14H10Cl2N2O3S/c15-10-3-1-2-9(6-10)8-22(20,21)18-13-7-11(16)4-5-12(13)17-14(18)19/h1-7H,8H2,(H,17,19). The van der Waals surface area contributed by atoms with Crippen LogP contribution in [0.4, 0.5) is 0 Å². The van der Waals surface area contributed by atoms with E-state index in [-0.39, 0.29) is 11.3 Å². The highest BCUT2D eigenvalue weighted by atomic mass is 35.5. The first kappa shape index (κ1) is 15.1. The van der Waals surface area contributed by atoms with E-state index in [2.05, 4.69) is 4.98 Å². The Morgan fingerprint density at radius 1 is 1.05 bits per heavy atom. The summed E-state index contributed by atoms with van der Waals surface area (Å²) in [6, 6.07) is 11.1. The monoisotopic (exact) mass is 356 g/mol. The highest BCUT2D eigenvalue weighted by molar-refractivity contribution is 7.89. The minimum Gasteiger partial charge on any atom is -0.305 e. The molecule has 3 aromatic rings. The van der Waals surface area contributed by atoms with E-state index in [0.717, 1.165) is 3.97 Å². The lowest BCUT2D eigenvalue weighted by Crippen LogP contribution is -2.26. The zero-order valence-electron chi connectivity index (χ0n) is 11.1. The molecule has 0 atom stereocenters. The summed E-state index contributed by atoms with van der Waals surface area (Å²) in [4.78, 5) is 14.5. The molecule has 8 heteroatoms. The summed E-state index contributed by atoms with van der Waals surface area (Å²) in [5.41, 5.74) is 0.402. The average Bonchev–Trinajstić information content (AvgIpc) is 2.74. The SMILES string of the molecule is O=c1[nH]c2ccc(Cl)cc2n1S(=O)(=O)Cc1cccc(Cl)c1. The minimum absolute atomic E-state index is 0.222. The van der Waals surface area contributed by atoms with Gasteiger partial charge in [-0.3, -0.25) is 0 Å². The molecule has 0 spiro atoms. The highest BCUT2D eigenvalue weighted by Gasteiger charge is 2.21. The normalized spacial score (nSPS) is 11.9. The highest BCUT2D eigenvalue weighted by Crippen LogP contribution is 2.20. The molecule has 0 radical (unpaired) electrons. The molecule has 0 saturated heterocycles. The Morgan fingerprint density at radius 3 is 2.50 bits per heavy atom. The van der Waals surface area contributed by atoms with Crippen molar-refractivity contribution >= 4 is 44.3 Å². The van der Waals surface area contributed by atoms with Crippen molar-refractivity contribution in [3.05, 3.63) is 68.6 Å². The van der Waals surface area contributed by atoms with Crippen molar-refractivity contribution in [2.24, 2.45) is 0 Å². The summed E-state index contributed by atoms with van der Waals surface area (Å²) in [5.74, 6) is -0.340. The predicted octanol–water partition coefficient (Wildman–Crippen LogP) is 3.01. The molecular formula is C14H10Cl2N2O3S. The van der Waals surface area contributed by atoms with Crippen LogP contribution >= 0.6 is 23.2 Å². The van der Waals surface area contributed by atoms with E-state index in [4.69, 9.17) is 23.2 Å². The molecule has 1 heterocycles. The van der Waals surface area contributed by atoms with Crippen molar-refractivity contribution in [1.29, 1.82) is 0 Å². The van der Waals surface area contributed by atoms with Crippen LogP contribution in [0.25, 0.3) is 11.0 Å². The topological polar surface area (TPSA) is 71.9 Å². The lowest BCUT2D eigenvalue weighted by Gasteiger charge is -2.06. The van der Waals surface area contributed by atoms with Crippen LogP contribution in [0.1, 0.15) is 5.56 Å². The summed E-state index contributed by atoms with van der Waals surface area (Å²) in [6.07, 6.45) is 0. The van der Waals surface area contributed by atoms with E-state index in [1.54, 1.807) is 36.4 Å². The molecule has 0 bridgehead atoms. The lowest BCUT2D eigenvalue weighted by molar-refractivity contribution is 0.586. The molecule has 5 nitrogen and oxygen atoms in total. The average molecular weight is 357 g/mol. The predicted molar refractivity (Wildman–Crippen MR) is 87.0 cm³/mol. The molecular weight excluding hydrogens is 347 g/mol. The van der Waals surface area contributed by atoms with Crippen molar-refractivity contribution < 1.29 is 8.42 Å². The van der Waals surface area contributed by atoms with Crippen molar-refractivity contribution in [3.8, 4) is 0 Å². The second kappa shape index (κ2) is 5.46. The Kier molecular flexibility index (Phi) is 3.76. The Bertz CT molecular complexity index is 1020. The molecule has 22 heavy (non-hydrogen) atoms. The number of aromatic nitrogens is 2. The van der Waals surface area contributed by atoms with Gasteiger partial charge in [-0.25, -0.2) is 13.2 Å². The summed E-state index contributed by atoms with van der Waals surface area (Å²) in [7, 11) is -3.91. The third-order valence-electron chi connectivity index (χ3n) is 3.12. The van der Waals surface area contributed by atoms with E-state index in [1.165, 1.54) is 6.07 Å². The molecule has 0 aliphatic carbocycles. The molecule has 3 rings (SSSR count). The number of rotatable bonds is 3. The zero-order chi connectivity index (χ0) is 15.9. The molecule has 114 valence electrons. The largest absolute Gasteiger partial charge is 0.340 e. The van der Waals surface area contributed by atoms with E-state index >= 15 is 0 Å². The van der Waals surface area contributed by atoms with Crippen LogP contribution in [-0.2, 0) is 15.8 Å². The third-order valence-corrected chi connectivity index (χ3v) is 5.21. The Morgan fingerprint density at radius 2 is 1.77 bits per heavy atom. The van der Waals surface area contributed by atoms with E-state index in [9.17, 15) is 13.2 Å². The number of H-pyrrole nitrogens is 1. The van der Waals surface area contributed by atoms with Crippen LogP contribution in [0.3, 0.4) is 0 Å². The molecule has 1 aromatic heterocycles. The number of hydrogen-bond donors (Lipinski definition) is 1. The van der Waals surface area contributed by atoms with E-state index in [1.807, 2.05) is 0 Å². The summed E-state index contributed by atoms with van der Waals surface area (Å²) in [6.45, 7) is 0. The van der Waals surface area contributed by atoms with Crippen molar-refractivity contribution in [2.75, 3.05) is 0 Å². The van der Waals surface area contributed by atoms with Crippen LogP contribution in [0.2, 0.25) is 10.0 Å². The van der Waals surface area contributed by atoms with Gasteiger partial charge in [-0.1, -0.05) is 35.3 Å². The van der Waals surface area contributed by atoms with Crippen molar-refractivity contribution in [1.82, 2.24) is 8.96 Å². The van der Waals surface area contributed by atoms with Crippen LogP contribution in [0.15, 0.2) is 47.3 Å². The molecule has 2 aromatic carbocycles. The van der Waals surface area contributed by atoms with Gasteiger partial charge in [0.1, 0.15) is 0 Å². The fourth-order valence-corrected chi connectivity index (χ4v) is 4.09. The number of nitrogens with one attached hydrogen (secondary N) is 1. The first-order valence-corrected chi connectivity index (χ1v) is 8.61. The number of fused-ring (bicyclic) bond motifs is 1. The maximum absolute atomic E-state index is 12.6. The zero-order valence-corrected chi connectivity index (χ0v) is 13.4. The first-order chi connectivity index (χ1) is 10.4. The van der Waals surface area contributed by atoms with Crippen molar-refractivity contribution in [3.63, 3.8) is 0 Å². The molecule has 0 amide bonds. The van der Waals surface area contributed by atoms with Gasteiger partial charge in [-0.2, -0.15) is 3.97 Å². The van der Waals surface area contributed by atoms with Gasteiger partial charge in [0.25, 0.3) is 0 Å². The van der Waals surface area contributed by atoms with Crippen LogP contribution in [-0.4, -0.2) is 17.4 Å². The number of imidazole rings is 1. The second-order valence-electron chi connectivity index (χ2n) is 4.74. The van der Waals surface area contributed by atoms with E-state index in [0.29, 0.717) is 21.1 Å². The van der Waals surface area contributed by atoms with Crippen molar-refractivity contribution in [2.45, 2.75) is 5.75 Å². The van der Waals surface area contributed by atoms with Gasteiger partial charge in [0.2, 0.25) is 10.0 Å². The second-order valence-corrected chi connectivity index (χ2v) is 7.43. The third kappa shape index (κ3) is 2.77. The molecule has 1 N–H and O–H groups in total. The van der Waals surface area contributed by atoms with Gasteiger partial charge >= 0.3 is 5.69 Å². The van der Waals surface area contributed by atoms with Gasteiger partial charge in [-0.05, 0) is 35.9 Å². The maximum Gasteiger partial charge on any atom is 0.340 e. The van der Waals surface area contributed by atoms with Crippen LogP contribution in [0, 0.1) is 0 Å². The van der Waals surface area contributed by atoms with Gasteiger partial charge in [0.15, 0.2) is 0 Å². The van der Waals surface area contributed by atoms with Crippen LogP contribution < -0.4 is 5.69 Å². The summed E-state index contributed by atoms with van der Waals surface area (Å²) in [5, 5.41) is 0.778. The Balaban J connectivity index is 2.15. The number of halogens is 2. The van der Waals surface area contributed by atoms with Gasteiger partial charge in [-0.15, -0.1) is 0 Å². The number of nitrogens with zero attached hydrogens (tertiary/aromatic N) is 1. The molecule has 0 saturated carbocycles. The Labute approximate surface area is 136 Å².